The third kappa shape index (κ3) is 1.38. The fourth-order valence-electron chi connectivity index (χ4n) is 7.99. The lowest BCUT2D eigenvalue weighted by atomic mass is 9.38. The maximum Gasteiger partial charge on any atom is 0.311 e. The Hall–Kier alpha value is -1.59. The first kappa shape index (κ1) is 15.5. The summed E-state index contributed by atoms with van der Waals surface area (Å²) in [5, 5.41) is 15.0. The molecule has 1 aromatic rings. The van der Waals surface area contributed by atoms with Gasteiger partial charge in [0.25, 0.3) is 0 Å². The first-order valence-electron chi connectivity index (χ1n) is 9.97. The quantitative estimate of drug-likeness (QED) is 0.755. The number of nitrogens with zero attached hydrogens (tertiary/aromatic N) is 1. The molecule has 7 rings (SSSR count). The molecule has 2 saturated heterocycles. The van der Waals surface area contributed by atoms with Crippen molar-refractivity contribution in [1.29, 1.82) is 0 Å². The SMILES string of the molecule is COC(=O)[C@H]1C[C@]23CC[C@]14Nc1ccccc1[C@]41CCN(CC[C@@H]2O)[C@H]31. The molecule has 0 unspecified atom stereocenters. The van der Waals surface area contributed by atoms with Crippen molar-refractivity contribution in [1.82, 2.24) is 4.90 Å². The highest BCUT2D eigenvalue weighted by atomic mass is 16.5. The summed E-state index contributed by atoms with van der Waals surface area (Å²) in [5.74, 6) is -0.309. The van der Waals surface area contributed by atoms with Crippen LogP contribution in [0, 0.1) is 11.3 Å². The number of nitrogens with one attached hydrogen (secondary N) is 1. The van der Waals surface area contributed by atoms with E-state index in [9.17, 15) is 9.90 Å². The van der Waals surface area contributed by atoms with Crippen LogP contribution in [0.5, 0.6) is 0 Å². The lowest BCUT2D eigenvalue weighted by Gasteiger charge is -2.69. The van der Waals surface area contributed by atoms with Crippen molar-refractivity contribution in [3.8, 4) is 0 Å². The Labute approximate surface area is 153 Å². The number of carbonyl (C=O) groups excluding carboxylic acids is 1. The Morgan fingerprint density at radius 3 is 2.96 bits per heavy atom. The number of benzene rings is 1. The van der Waals surface area contributed by atoms with Crippen molar-refractivity contribution in [2.24, 2.45) is 11.3 Å². The van der Waals surface area contributed by atoms with Gasteiger partial charge in [-0.05, 0) is 50.3 Å². The average Bonchev–Trinajstić information content (AvgIpc) is 3.21. The van der Waals surface area contributed by atoms with Gasteiger partial charge in [0.05, 0.1) is 24.7 Å². The van der Waals surface area contributed by atoms with Gasteiger partial charge in [0, 0.05) is 29.1 Å². The molecule has 6 atom stereocenters. The van der Waals surface area contributed by atoms with E-state index in [2.05, 4.69) is 34.5 Å². The van der Waals surface area contributed by atoms with Gasteiger partial charge in [-0.15, -0.1) is 0 Å². The Bertz CT molecular complexity index is 812. The summed E-state index contributed by atoms with van der Waals surface area (Å²) in [6.07, 6.45) is 4.22. The second-order valence-electron chi connectivity index (χ2n) is 9.12. The van der Waals surface area contributed by atoms with Gasteiger partial charge < -0.3 is 15.2 Å². The molecule has 3 spiro atoms. The standard InChI is InChI=1S/C21H26N2O3/c1-26-17(25)14-12-19-7-8-21(14)20(13-4-2-3-5-15(13)22-21)9-11-23(18(19)20)10-6-16(19)24/h2-5,14,16,18,22,24H,6-12H2,1H3/t14-,16+,18-,19-,20+,21+/m1/s1. The molecule has 3 heterocycles. The molecule has 1 aromatic carbocycles. The minimum absolute atomic E-state index is 0.0969. The normalized spacial score (nSPS) is 47.7. The van der Waals surface area contributed by atoms with Crippen molar-refractivity contribution in [2.45, 2.75) is 55.2 Å². The zero-order chi connectivity index (χ0) is 17.7. The summed E-state index contributed by atoms with van der Waals surface area (Å²) < 4.78 is 5.28. The summed E-state index contributed by atoms with van der Waals surface area (Å²) in [4.78, 5) is 15.6. The van der Waals surface area contributed by atoms with E-state index in [-0.39, 0.29) is 34.4 Å². The zero-order valence-corrected chi connectivity index (χ0v) is 15.2. The lowest BCUT2D eigenvalue weighted by Crippen LogP contribution is -2.79. The summed E-state index contributed by atoms with van der Waals surface area (Å²) in [5.41, 5.74) is 1.98. The number of aliphatic hydroxyl groups excluding tert-OH is 1. The zero-order valence-electron chi connectivity index (χ0n) is 15.2. The van der Waals surface area contributed by atoms with E-state index in [0.717, 1.165) is 45.2 Å². The summed E-state index contributed by atoms with van der Waals surface area (Å²) >= 11 is 0. The van der Waals surface area contributed by atoms with E-state index in [1.54, 1.807) is 0 Å². The molecule has 5 nitrogen and oxygen atoms in total. The minimum atomic E-state index is -0.322. The Kier molecular flexibility index (Phi) is 2.75. The minimum Gasteiger partial charge on any atom is -0.469 e. The van der Waals surface area contributed by atoms with Crippen molar-refractivity contribution in [3.63, 3.8) is 0 Å². The number of esters is 1. The summed E-state index contributed by atoms with van der Waals surface area (Å²) in [6, 6.07) is 8.94. The number of para-hydroxylation sites is 1. The van der Waals surface area contributed by atoms with E-state index >= 15 is 0 Å². The van der Waals surface area contributed by atoms with Crippen LogP contribution in [-0.2, 0) is 14.9 Å². The van der Waals surface area contributed by atoms with Crippen LogP contribution in [0.3, 0.4) is 0 Å². The number of rotatable bonds is 1. The van der Waals surface area contributed by atoms with Crippen LogP contribution in [0.1, 0.15) is 37.7 Å². The number of piperidine rings is 1. The number of aliphatic hydroxyl groups is 1. The van der Waals surface area contributed by atoms with Crippen LogP contribution in [0.25, 0.3) is 0 Å². The van der Waals surface area contributed by atoms with Gasteiger partial charge in [-0.1, -0.05) is 18.2 Å². The van der Waals surface area contributed by atoms with E-state index in [0.29, 0.717) is 6.04 Å². The predicted molar refractivity (Wildman–Crippen MR) is 96.9 cm³/mol. The van der Waals surface area contributed by atoms with Gasteiger partial charge >= 0.3 is 5.97 Å². The van der Waals surface area contributed by atoms with E-state index < -0.39 is 0 Å². The second-order valence-corrected chi connectivity index (χ2v) is 9.12. The largest absolute Gasteiger partial charge is 0.469 e. The first-order valence-corrected chi connectivity index (χ1v) is 9.97. The van der Waals surface area contributed by atoms with Crippen LogP contribution in [0.15, 0.2) is 24.3 Å². The van der Waals surface area contributed by atoms with Crippen LogP contribution in [0.4, 0.5) is 5.69 Å². The van der Waals surface area contributed by atoms with Crippen molar-refractivity contribution in [3.05, 3.63) is 29.8 Å². The Balaban J connectivity index is 1.66. The smallest absolute Gasteiger partial charge is 0.311 e. The third-order valence-electron chi connectivity index (χ3n) is 8.73. The van der Waals surface area contributed by atoms with Gasteiger partial charge in [0.2, 0.25) is 0 Å². The second kappa shape index (κ2) is 4.63. The van der Waals surface area contributed by atoms with Gasteiger partial charge in [-0.3, -0.25) is 9.69 Å². The van der Waals surface area contributed by atoms with Gasteiger partial charge in [0.1, 0.15) is 0 Å². The molecule has 2 bridgehead atoms. The van der Waals surface area contributed by atoms with Gasteiger partial charge in [0.15, 0.2) is 0 Å². The molecule has 0 radical (unpaired) electrons. The average molecular weight is 354 g/mol. The fraction of sp³-hybridized carbons (Fsp3) is 0.667. The highest BCUT2D eigenvalue weighted by molar-refractivity contribution is 5.80. The number of anilines is 1. The molecule has 6 aliphatic rings. The van der Waals surface area contributed by atoms with Crippen LogP contribution < -0.4 is 5.32 Å². The summed E-state index contributed by atoms with van der Waals surface area (Å²) in [7, 11) is 1.50. The number of methoxy groups -OCH3 is 1. The van der Waals surface area contributed by atoms with Gasteiger partial charge in [-0.2, -0.15) is 0 Å². The third-order valence-corrected chi connectivity index (χ3v) is 8.73. The van der Waals surface area contributed by atoms with E-state index in [1.807, 2.05) is 0 Å². The number of carbonyl (C=O) groups is 1. The van der Waals surface area contributed by atoms with Crippen molar-refractivity contribution < 1.29 is 14.6 Å². The molecule has 3 aliphatic heterocycles. The molecule has 0 aromatic heterocycles. The van der Waals surface area contributed by atoms with E-state index in [1.165, 1.54) is 18.4 Å². The van der Waals surface area contributed by atoms with Gasteiger partial charge in [-0.25, -0.2) is 0 Å². The molecule has 5 heteroatoms. The molecule has 3 saturated carbocycles. The monoisotopic (exact) mass is 354 g/mol. The number of hydrogen-bond donors (Lipinski definition) is 2. The molecule has 2 N–H and O–H groups in total. The predicted octanol–water partition coefficient (Wildman–Crippen LogP) is 1.90. The molecular formula is C21H26N2O3. The van der Waals surface area contributed by atoms with Crippen molar-refractivity contribution >= 4 is 11.7 Å². The van der Waals surface area contributed by atoms with Crippen LogP contribution in [-0.4, -0.2) is 53.9 Å². The molecule has 5 fully saturated rings. The number of ether oxygens (including phenoxy) is 1. The maximum absolute atomic E-state index is 12.9. The maximum atomic E-state index is 12.9. The van der Waals surface area contributed by atoms with Crippen LogP contribution in [0.2, 0.25) is 0 Å². The Morgan fingerprint density at radius 2 is 2.12 bits per heavy atom. The summed E-state index contributed by atoms with van der Waals surface area (Å²) in [6.45, 7) is 2.03. The fourth-order valence-corrected chi connectivity index (χ4v) is 7.99. The highest BCUT2D eigenvalue weighted by Crippen LogP contribution is 2.74. The number of hydrogen-bond acceptors (Lipinski definition) is 5. The first-order chi connectivity index (χ1) is 12.6. The lowest BCUT2D eigenvalue weighted by molar-refractivity contribution is -0.196. The van der Waals surface area contributed by atoms with E-state index in [4.69, 9.17) is 4.74 Å². The molecule has 0 amide bonds. The highest BCUT2D eigenvalue weighted by Gasteiger charge is 2.80. The van der Waals surface area contributed by atoms with Crippen LogP contribution >= 0.6 is 0 Å². The molecule has 26 heavy (non-hydrogen) atoms. The Morgan fingerprint density at radius 1 is 1.27 bits per heavy atom. The molecule has 3 aliphatic carbocycles. The van der Waals surface area contributed by atoms with Crippen molar-refractivity contribution in [2.75, 3.05) is 25.5 Å². The topological polar surface area (TPSA) is 61.8 Å². The number of fused-ring (bicyclic) bond motifs is 3. The molecule has 138 valence electrons. The molecular weight excluding hydrogens is 328 g/mol.